The van der Waals surface area contributed by atoms with Crippen LogP contribution < -0.4 is 0 Å². The molecular weight excluding hydrogens is 356 g/mol. The van der Waals surface area contributed by atoms with Gasteiger partial charge in [0.2, 0.25) is 0 Å². The fourth-order valence-corrected chi connectivity index (χ4v) is 3.70. The molecule has 0 bridgehead atoms. The molecule has 6 heteroatoms. The number of benzene rings is 2. The SMILES string of the molecule is O[C@H](CSc1nnc(-c2cccnc2)n1-c1ccccc1)c1ccccc1. The number of thioether (sulfide) groups is 1. The van der Waals surface area contributed by atoms with E-state index in [1.807, 2.05) is 77.4 Å². The van der Waals surface area contributed by atoms with Crippen molar-refractivity contribution in [1.82, 2.24) is 19.7 Å². The third kappa shape index (κ3) is 3.92. The number of hydrogen-bond acceptors (Lipinski definition) is 5. The highest BCUT2D eigenvalue weighted by Gasteiger charge is 2.18. The van der Waals surface area contributed by atoms with Crippen LogP contribution in [-0.4, -0.2) is 30.6 Å². The molecule has 0 aliphatic rings. The zero-order chi connectivity index (χ0) is 18.5. The highest BCUT2D eigenvalue weighted by atomic mass is 32.2. The summed E-state index contributed by atoms with van der Waals surface area (Å²) in [7, 11) is 0. The van der Waals surface area contributed by atoms with Crippen LogP contribution in [0, 0.1) is 0 Å². The number of aliphatic hydroxyl groups is 1. The molecule has 0 saturated heterocycles. The van der Waals surface area contributed by atoms with Gasteiger partial charge in [-0.25, -0.2) is 0 Å². The van der Waals surface area contributed by atoms with Crippen LogP contribution in [0.4, 0.5) is 0 Å². The lowest BCUT2D eigenvalue weighted by molar-refractivity contribution is 0.204. The lowest BCUT2D eigenvalue weighted by Gasteiger charge is -2.12. The molecule has 0 aliphatic carbocycles. The average Bonchev–Trinajstić information content (AvgIpc) is 3.18. The van der Waals surface area contributed by atoms with Gasteiger partial charge in [0.15, 0.2) is 11.0 Å². The Bertz CT molecular complexity index is 991. The van der Waals surface area contributed by atoms with Gasteiger partial charge in [-0.1, -0.05) is 60.3 Å². The van der Waals surface area contributed by atoms with Crippen LogP contribution in [0.25, 0.3) is 17.1 Å². The normalized spacial score (nSPS) is 12.0. The van der Waals surface area contributed by atoms with Gasteiger partial charge in [0.05, 0.1) is 6.10 Å². The van der Waals surface area contributed by atoms with Crippen molar-refractivity contribution in [2.24, 2.45) is 0 Å². The summed E-state index contributed by atoms with van der Waals surface area (Å²) >= 11 is 1.48. The number of hydrogen-bond donors (Lipinski definition) is 1. The standard InChI is InChI=1S/C21H18N4OS/c26-19(16-8-3-1-4-9-16)15-27-21-24-23-20(17-10-7-13-22-14-17)25(21)18-11-5-2-6-12-18/h1-14,19,26H,15H2/t19-/m1/s1. The molecule has 1 atom stereocenters. The molecule has 5 nitrogen and oxygen atoms in total. The summed E-state index contributed by atoms with van der Waals surface area (Å²) in [5.41, 5.74) is 2.76. The third-order valence-electron chi connectivity index (χ3n) is 4.12. The van der Waals surface area contributed by atoms with Crippen LogP contribution in [0.2, 0.25) is 0 Å². The van der Waals surface area contributed by atoms with Crippen molar-refractivity contribution in [3.8, 4) is 17.1 Å². The van der Waals surface area contributed by atoms with Crippen molar-refractivity contribution >= 4 is 11.8 Å². The second-order valence-corrected chi connectivity index (χ2v) is 6.94. The van der Waals surface area contributed by atoms with Crippen molar-refractivity contribution < 1.29 is 5.11 Å². The average molecular weight is 374 g/mol. The van der Waals surface area contributed by atoms with Gasteiger partial charge in [-0.05, 0) is 29.8 Å². The molecular formula is C21H18N4OS. The van der Waals surface area contributed by atoms with Gasteiger partial charge in [-0.15, -0.1) is 10.2 Å². The molecule has 2 aromatic heterocycles. The second kappa shape index (κ2) is 8.16. The summed E-state index contributed by atoms with van der Waals surface area (Å²) < 4.78 is 2.00. The first kappa shape index (κ1) is 17.5. The largest absolute Gasteiger partial charge is 0.388 e. The minimum atomic E-state index is -0.570. The van der Waals surface area contributed by atoms with Gasteiger partial charge >= 0.3 is 0 Å². The fourth-order valence-electron chi connectivity index (χ4n) is 2.78. The van der Waals surface area contributed by atoms with Crippen molar-refractivity contribution in [3.63, 3.8) is 0 Å². The number of para-hydroxylation sites is 1. The third-order valence-corrected chi connectivity index (χ3v) is 5.13. The smallest absolute Gasteiger partial charge is 0.196 e. The summed E-state index contributed by atoms with van der Waals surface area (Å²) in [6, 6.07) is 23.5. The molecule has 1 N–H and O–H groups in total. The summed E-state index contributed by atoms with van der Waals surface area (Å²) in [6.07, 6.45) is 2.94. The van der Waals surface area contributed by atoms with E-state index in [1.54, 1.807) is 12.4 Å². The summed E-state index contributed by atoms with van der Waals surface area (Å²) in [5.74, 6) is 1.22. The molecule has 2 aromatic carbocycles. The maximum atomic E-state index is 10.5. The zero-order valence-electron chi connectivity index (χ0n) is 14.5. The first-order valence-corrected chi connectivity index (χ1v) is 9.58. The Morgan fingerprint density at radius 1 is 0.889 bits per heavy atom. The number of aromatic nitrogens is 4. The van der Waals surface area contributed by atoms with Crippen molar-refractivity contribution in [2.75, 3.05) is 5.75 Å². The predicted octanol–water partition coefficient (Wildman–Crippen LogP) is 4.16. The highest BCUT2D eigenvalue weighted by Crippen LogP contribution is 2.29. The van der Waals surface area contributed by atoms with Crippen LogP contribution >= 0.6 is 11.8 Å². The Morgan fingerprint density at radius 2 is 1.63 bits per heavy atom. The van der Waals surface area contributed by atoms with Crippen LogP contribution in [-0.2, 0) is 0 Å². The van der Waals surface area contributed by atoms with Gasteiger partial charge in [-0.3, -0.25) is 9.55 Å². The fraction of sp³-hybridized carbons (Fsp3) is 0.0952. The molecule has 0 amide bonds. The molecule has 2 heterocycles. The molecule has 0 saturated carbocycles. The Balaban J connectivity index is 1.66. The topological polar surface area (TPSA) is 63.8 Å². The number of nitrogens with zero attached hydrogens (tertiary/aromatic N) is 4. The Morgan fingerprint density at radius 3 is 2.33 bits per heavy atom. The molecule has 0 fully saturated rings. The Labute approximate surface area is 161 Å². The molecule has 0 aliphatic heterocycles. The first-order valence-electron chi connectivity index (χ1n) is 8.60. The molecule has 0 radical (unpaired) electrons. The molecule has 0 spiro atoms. The van der Waals surface area contributed by atoms with Gasteiger partial charge in [0.1, 0.15) is 0 Å². The Kier molecular flexibility index (Phi) is 5.27. The first-order chi connectivity index (χ1) is 13.3. The summed E-state index contributed by atoms with van der Waals surface area (Å²) in [5, 5.41) is 20.0. The van der Waals surface area contributed by atoms with Gasteiger partial charge in [0.25, 0.3) is 0 Å². The zero-order valence-corrected chi connectivity index (χ0v) is 15.3. The van der Waals surface area contributed by atoms with E-state index in [4.69, 9.17) is 0 Å². The second-order valence-electron chi connectivity index (χ2n) is 5.96. The maximum Gasteiger partial charge on any atom is 0.196 e. The number of rotatable bonds is 6. The van der Waals surface area contributed by atoms with E-state index in [-0.39, 0.29) is 0 Å². The van der Waals surface area contributed by atoms with Crippen LogP contribution in [0.15, 0.2) is 90.3 Å². The summed E-state index contributed by atoms with van der Waals surface area (Å²) in [6.45, 7) is 0. The monoisotopic (exact) mass is 374 g/mol. The van der Waals surface area contributed by atoms with E-state index in [9.17, 15) is 5.11 Å². The van der Waals surface area contributed by atoms with Gasteiger partial charge in [0, 0.05) is 29.4 Å². The molecule has 4 rings (SSSR count). The van der Waals surface area contributed by atoms with E-state index in [0.717, 1.165) is 27.8 Å². The van der Waals surface area contributed by atoms with Crippen LogP contribution in [0.1, 0.15) is 11.7 Å². The minimum Gasteiger partial charge on any atom is -0.388 e. The molecule has 4 aromatic rings. The van der Waals surface area contributed by atoms with Crippen LogP contribution in [0.5, 0.6) is 0 Å². The van der Waals surface area contributed by atoms with Gasteiger partial charge in [-0.2, -0.15) is 0 Å². The maximum absolute atomic E-state index is 10.5. The van der Waals surface area contributed by atoms with E-state index >= 15 is 0 Å². The number of aliphatic hydroxyl groups excluding tert-OH is 1. The van der Waals surface area contributed by atoms with Gasteiger partial charge < -0.3 is 5.11 Å². The van der Waals surface area contributed by atoms with E-state index in [2.05, 4.69) is 15.2 Å². The van der Waals surface area contributed by atoms with E-state index in [0.29, 0.717) is 5.75 Å². The van der Waals surface area contributed by atoms with E-state index < -0.39 is 6.10 Å². The molecule has 27 heavy (non-hydrogen) atoms. The lowest BCUT2D eigenvalue weighted by atomic mass is 10.1. The molecule has 134 valence electrons. The van der Waals surface area contributed by atoms with Crippen molar-refractivity contribution in [3.05, 3.63) is 90.8 Å². The quantitative estimate of drug-likeness (QED) is 0.514. The van der Waals surface area contributed by atoms with Crippen molar-refractivity contribution in [2.45, 2.75) is 11.3 Å². The predicted molar refractivity (Wildman–Crippen MR) is 107 cm³/mol. The highest BCUT2D eigenvalue weighted by molar-refractivity contribution is 7.99. The van der Waals surface area contributed by atoms with Crippen molar-refractivity contribution in [1.29, 1.82) is 0 Å². The van der Waals surface area contributed by atoms with E-state index in [1.165, 1.54) is 11.8 Å². The lowest BCUT2D eigenvalue weighted by Crippen LogP contribution is -2.03. The van der Waals surface area contributed by atoms with Crippen LogP contribution in [0.3, 0.4) is 0 Å². The molecule has 0 unspecified atom stereocenters. The Hall–Kier alpha value is -2.96. The minimum absolute atomic E-state index is 0.488. The summed E-state index contributed by atoms with van der Waals surface area (Å²) in [4.78, 5) is 4.19. The number of pyridine rings is 1.